The van der Waals surface area contributed by atoms with Crippen molar-refractivity contribution in [1.29, 1.82) is 0 Å². The van der Waals surface area contributed by atoms with Crippen LogP contribution in [0.3, 0.4) is 0 Å². The lowest BCUT2D eigenvalue weighted by atomic mass is 9.70. The van der Waals surface area contributed by atoms with Crippen LogP contribution in [0.5, 0.6) is 0 Å². The molecule has 1 unspecified atom stereocenters. The van der Waals surface area contributed by atoms with Crippen LogP contribution in [0, 0.1) is 23.7 Å². The predicted octanol–water partition coefficient (Wildman–Crippen LogP) is 2.78. The van der Waals surface area contributed by atoms with Crippen LogP contribution in [-0.4, -0.2) is 11.1 Å². The second kappa shape index (κ2) is 4.12. The monoisotopic (exact) mass is 184 g/mol. The molecule has 0 aliphatic heterocycles. The molecule has 0 saturated heterocycles. The van der Waals surface area contributed by atoms with Gasteiger partial charge in [-0.25, -0.2) is 0 Å². The molecule has 1 rings (SSSR count). The Morgan fingerprint density at radius 3 is 2.46 bits per heavy atom. The molecule has 0 heterocycles. The van der Waals surface area contributed by atoms with Gasteiger partial charge in [0, 0.05) is 0 Å². The Bertz CT molecular complexity index is 187. The molecule has 0 radical (unpaired) electrons. The van der Waals surface area contributed by atoms with E-state index in [1.807, 2.05) is 0 Å². The SMILES string of the molecule is CC(C)[C@@H]1CC[C@@H](C)CC1C(=O)O. The molecule has 0 aromatic carbocycles. The Balaban J connectivity index is 2.66. The highest BCUT2D eigenvalue weighted by Gasteiger charge is 2.35. The lowest BCUT2D eigenvalue weighted by molar-refractivity contribution is -0.146. The molecule has 0 spiro atoms. The average Bonchev–Trinajstić information content (AvgIpc) is 2.03. The van der Waals surface area contributed by atoms with Crippen molar-refractivity contribution in [2.45, 2.75) is 40.0 Å². The number of hydrogen-bond acceptors (Lipinski definition) is 1. The quantitative estimate of drug-likeness (QED) is 0.716. The van der Waals surface area contributed by atoms with Crippen molar-refractivity contribution in [2.24, 2.45) is 23.7 Å². The maximum Gasteiger partial charge on any atom is 0.306 e. The first-order valence-electron chi connectivity index (χ1n) is 5.25. The second-order valence-corrected chi connectivity index (χ2v) is 4.77. The molecular formula is C11H20O2. The number of carbonyl (C=O) groups is 1. The van der Waals surface area contributed by atoms with Gasteiger partial charge in [0.25, 0.3) is 0 Å². The third kappa shape index (κ3) is 2.45. The summed E-state index contributed by atoms with van der Waals surface area (Å²) in [7, 11) is 0. The fourth-order valence-electron chi connectivity index (χ4n) is 2.49. The fourth-order valence-corrected chi connectivity index (χ4v) is 2.49. The Morgan fingerprint density at radius 2 is 2.00 bits per heavy atom. The molecule has 3 atom stereocenters. The molecule has 0 aromatic rings. The minimum atomic E-state index is -0.592. The molecule has 1 fully saturated rings. The van der Waals surface area contributed by atoms with Gasteiger partial charge < -0.3 is 5.11 Å². The molecule has 2 nitrogen and oxygen atoms in total. The number of carboxylic acid groups (broad SMARTS) is 1. The summed E-state index contributed by atoms with van der Waals surface area (Å²) < 4.78 is 0. The van der Waals surface area contributed by atoms with E-state index in [9.17, 15) is 4.79 Å². The fraction of sp³-hybridized carbons (Fsp3) is 0.909. The summed E-state index contributed by atoms with van der Waals surface area (Å²) in [6, 6.07) is 0. The maximum absolute atomic E-state index is 11.0. The van der Waals surface area contributed by atoms with Gasteiger partial charge in [0.1, 0.15) is 0 Å². The molecule has 0 amide bonds. The maximum atomic E-state index is 11.0. The summed E-state index contributed by atoms with van der Waals surface area (Å²) in [4.78, 5) is 11.0. The Morgan fingerprint density at radius 1 is 1.38 bits per heavy atom. The van der Waals surface area contributed by atoms with Crippen molar-refractivity contribution in [3.8, 4) is 0 Å². The van der Waals surface area contributed by atoms with E-state index < -0.39 is 5.97 Å². The Kier molecular flexibility index (Phi) is 3.34. The predicted molar refractivity (Wildman–Crippen MR) is 52.5 cm³/mol. The molecule has 2 heteroatoms. The molecular weight excluding hydrogens is 164 g/mol. The van der Waals surface area contributed by atoms with Gasteiger partial charge in [-0.1, -0.05) is 27.2 Å². The first-order chi connectivity index (χ1) is 6.02. The molecule has 0 bridgehead atoms. The highest BCUT2D eigenvalue weighted by atomic mass is 16.4. The van der Waals surface area contributed by atoms with E-state index in [0.29, 0.717) is 17.8 Å². The normalized spacial score (nSPS) is 34.9. The lowest BCUT2D eigenvalue weighted by Gasteiger charge is -2.34. The summed E-state index contributed by atoms with van der Waals surface area (Å²) in [5, 5.41) is 9.08. The highest BCUT2D eigenvalue weighted by molar-refractivity contribution is 5.70. The molecule has 1 aliphatic rings. The molecule has 1 N–H and O–H groups in total. The van der Waals surface area contributed by atoms with Crippen LogP contribution in [-0.2, 0) is 4.79 Å². The molecule has 1 saturated carbocycles. The smallest absolute Gasteiger partial charge is 0.306 e. The standard InChI is InChI=1S/C11H20O2/c1-7(2)9-5-4-8(3)6-10(9)11(12)13/h7-10H,4-6H2,1-3H3,(H,12,13)/t8-,9+,10?/m1/s1. The summed E-state index contributed by atoms with van der Waals surface area (Å²) in [5.41, 5.74) is 0. The summed E-state index contributed by atoms with van der Waals surface area (Å²) in [5.74, 6) is 0.812. The van der Waals surface area contributed by atoms with Gasteiger partial charge in [-0.15, -0.1) is 0 Å². The summed E-state index contributed by atoms with van der Waals surface area (Å²) in [6.45, 7) is 6.43. The van der Waals surface area contributed by atoms with Gasteiger partial charge >= 0.3 is 5.97 Å². The topological polar surface area (TPSA) is 37.3 Å². The molecule has 1 aliphatic carbocycles. The van der Waals surface area contributed by atoms with Crippen molar-refractivity contribution >= 4 is 5.97 Å². The summed E-state index contributed by atoms with van der Waals surface area (Å²) in [6.07, 6.45) is 3.17. The van der Waals surface area contributed by atoms with E-state index in [1.165, 1.54) is 6.42 Å². The van der Waals surface area contributed by atoms with Crippen molar-refractivity contribution in [2.75, 3.05) is 0 Å². The van der Waals surface area contributed by atoms with Crippen LogP contribution in [0.25, 0.3) is 0 Å². The largest absolute Gasteiger partial charge is 0.481 e. The van der Waals surface area contributed by atoms with Gasteiger partial charge in [0.05, 0.1) is 5.92 Å². The van der Waals surface area contributed by atoms with E-state index in [4.69, 9.17) is 5.11 Å². The molecule has 0 aromatic heterocycles. The second-order valence-electron chi connectivity index (χ2n) is 4.77. The van der Waals surface area contributed by atoms with Crippen LogP contribution in [0.1, 0.15) is 40.0 Å². The Hall–Kier alpha value is -0.530. The van der Waals surface area contributed by atoms with Crippen LogP contribution in [0.4, 0.5) is 0 Å². The van der Waals surface area contributed by atoms with E-state index >= 15 is 0 Å². The van der Waals surface area contributed by atoms with Crippen LogP contribution in [0.2, 0.25) is 0 Å². The average molecular weight is 184 g/mol. The van der Waals surface area contributed by atoms with Gasteiger partial charge in [-0.3, -0.25) is 4.79 Å². The first-order valence-corrected chi connectivity index (χ1v) is 5.25. The van der Waals surface area contributed by atoms with E-state index in [2.05, 4.69) is 20.8 Å². The highest BCUT2D eigenvalue weighted by Crippen LogP contribution is 2.37. The lowest BCUT2D eigenvalue weighted by Crippen LogP contribution is -2.33. The zero-order chi connectivity index (χ0) is 10.0. The number of hydrogen-bond donors (Lipinski definition) is 1. The number of rotatable bonds is 2. The number of carboxylic acids is 1. The molecule has 76 valence electrons. The zero-order valence-electron chi connectivity index (χ0n) is 8.79. The summed E-state index contributed by atoms with van der Waals surface area (Å²) >= 11 is 0. The van der Waals surface area contributed by atoms with Gasteiger partial charge in [-0.2, -0.15) is 0 Å². The van der Waals surface area contributed by atoms with Crippen molar-refractivity contribution in [3.05, 3.63) is 0 Å². The number of aliphatic carboxylic acids is 1. The minimum Gasteiger partial charge on any atom is -0.481 e. The van der Waals surface area contributed by atoms with Crippen molar-refractivity contribution < 1.29 is 9.90 Å². The van der Waals surface area contributed by atoms with Gasteiger partial charge in [-0.05, 0) is 30.6 Å². The zero-order valence-corrected chi connectivity index (χ0v) is 8.79. The minimum absolute atomic E-state index is 0.0938. The third-order valence-corrected chi connectivity index (χ3v) is 3.34. The van der Waals surface area contributed by atoms with Crippen LogP contribution in [0.15, 0.2) is 0 Å². The van der Waals surface area contributed by atoms with E-state index in [0.717, 1.165) is 12.8 Å². The third-order valence-electron chi connectivity index (χ3n) is 3.34. The first kappa shape index (κ1) is 10.6. The van der Waals surface area contributed by atoms with Gasteiger partial charge in [0.2, 0.25) is 0 Å². The molecule has 13 heavy (non-hydrogen) atoms. The van der Waals surface area contributed by atoms with E-state index in [1.54, 1.807) is 0 Å². The van der Waals surface area contributed by atoms with Gasteiger partial charge in [0.15, 0.2) is 0 Å². The Labute approximate surface area is 80.3 Å². The van der Waals surface area contributed by atoms with Crippen LogP contribution >= 0.6 is 0 Å². The van der Waals surface area contributed by atoms with E-state index in [-0.39, 0.29) is 5.92 Å². The van der Waals surface area contributed by atoms with Crippen molar-refractivity contribution in [1.82, 2.24) is 0 Å². The van der Waals surface area contributed by atoms with Crippen molar-refractivity contribution in [3.63, 3.8) is 0 Å². The van der Waals surface area contributed by atoms with Crippen LogP contribution < -0.4 is 0 Å².